The number of carbonyl (C=O) groups excluding carboxylic acids is 2. The van der Waals surface area contributed by atoms with Gasteiger partial charge in [-0.05, 0) is 82.8 Å². The highest BCUT2D eigenvalue weighted by Crippen LogP contribution is 2.38. The standard InChI is InChI=1S/C20H29ClN2O4.C6H5Cl.C3H6F2.C2H4O/c1-2-17(9-10-22-11-12-24)23-18(14-3-6-16(21)7-4-14)8-5-15(20(23)27)13-19(25)26;7-6-4-2-1-3-5-6;1-3(2,4)5;1-2-3/h3-4,6-7,15,17-18,22,24H,2,5,8-13H2,1H3,(H,25,26);1-5H;1-2H3;2H,1H3. The van der Waals surface area contributed by atoms with Crippen LogP contribution >= 0.6 is 23.2 Å². The fraction of sp³-hybridized carbons (Fsp3) is 0.516. The van der Waals surface area contributed by atoms with E-state index < -0.39 is 17.8 Å². The topological polar surface area (TPSA) is 107 Å². The van der Waals surface area contributed by atoms with E-state index in [9.17, 15) is 18.4 Å². The highest BCUT2D eigenvalue weighted by molar-refractivity contribution is 6.30. The average Bonchev–Trinajstić information content (AvgIpc) is 2.91. The highest BCUT2D eigenvalue weighted by atomic mass is 35.5. The summed E-state index contributed by atoms with van der Waals surface area (Å²) < 4.78 is 22.0. The number of hydrogen-bond acceptors (Lipinski definition) is 5. The maximum Gasteiger partial charge on any atom is 0.304 e. The number of halogens is 4. The number of piperidine rings is 1. The van der Waals surface area contributed by atoms with Gasteiger partial charge in [0.1, 0.15) is 6.29 Å². The van der Waals surface area contributed by atoms with Crippen molar-refractivity contribution in [2.75, 3.05) is 19.7 Å². The lowest BCUT2D eigenvalue weighted by atomic mass is 9.84. The number of rotatable bonds is 10. The lowest BCUT2D eigenvalue weighted by Crippen LogP contribution is -2.50. The lowest BCUT2D eigenvalue weighted by Gasteiger charge is -2.44. The van der Waals surface area contributed by atoms with Gasteiger partial charge in [-0.1, -0.05) is 60.5 Å². The number of aldehydes is 1. The van der Waals surface area contributed by atoms with E-state index >= 15 is 0 Å². The molecule has 1 aliphatic heterocycles. The SMILES string of the molecule is CC(C)(F)F.CC=O.CCC(CCNCCO)N1C(=O)C(CC(=O)O)CCC1c1ccc(Cl)cc1.Clc1ccccc1. The van der Waals surface area contributed by atoms with Gasteiger partial charge in [-0.3, -0.25) is 9.59 Å². The summed E-state index contributed by atoms with van der Waals surface area (Å²) in [5.41, 5.74) is 1.03. The van der Waals surface area contributed by atoms with Crippen LogP contribution in [0.4, 0.5) is 8.78 Å². The number of alkyl halides is 2. The van der Waals surface area contributed by atoms with Crippen molar-refractivity contribution >= 4 is 41.4 Å². The van der Waals surface area contributed by atoms with E-state index in [4.69, 9.17) is 38.2 Å². The van der Waals surface area contributed by atoms with Crippen LogP contribution in [0.25, 0.3) is 0 Å². The molecular formula is C31H44Cl2F2N2O5. The van der Waals surface area contributed by atoms with E-state index in [1.54, 1.807) is 0 Å². The van der Waals surface area contributed by atoms with E-state index in [0.717, 1.165) is 50.0 Å². The number of carboxylic acid groups (broad SMARTS) is 1. The van der Waals surface area contributed by atoms with Crippen molar-refractivity contribution in [1.82, 2.24) is 10.2 Å². The second-order valence-corrected chi connectivity index (χ2v) is 10.7. The Labute approximate surface area is 258 Å². The molecule has 1 saturated heterocycles. The smallest absolute Gasteiger partial charge is 0.304 e. The minimum absolute atomic E-state index is 0.0148. The van der Waals surface area contributed by atoms with Gasteiger partial charge in [0.05, 0.1) is 19.1 Å². The molecule has 0 saturated carbocycles. The van der Waals surface area contributed by atoms with Crippen LogP contribution in [0.15, 0.2) is 54.6 Å². The van der Waals surface area contributed by atoms with Crippen LogP contribution in [0.5, 0.6) is 0 Å². The number of hydrogen-bond donors (Lipinski definition) is 3. The second kappa shape index (κ2) is 22.0. The van der Waals surface area contributed by atoms with Crippen molar-refractivity contribution in [3.05, 3.63) is 70.2 Å². The Hall–Kier alpha value is -2.59. The molecule has 3 rings (SSSR count). The Kier molecular flexibility index (Phi) is 20.7. The monoisotopic (exact) mass is 632 g/mol. The molecule has 2 aromatic carbocycles. The number of nitrogens with one attached hydrogen (secondary N) is 1. The van der Waals surface area contributed by atoms with Gasteiger partial charge in [0.15, 0.2) is 0 Å². The molecule has 7 nitrogen and oxygen atoms in total. The number of aliphatic carboxylic acids is 1. The van der Waals surface area contributed by atoms with Gasteiger partial charge in [-0.25, -0.2) is 8.78 Å². The van der Waals surface area contributed by atoms with Crippen LogP contribution < -0.4 is 5.32 Å². The third kappa shape index (κ3) is 18.1. The number of benzene rings is 2. The minimum atomic E-state index is -2.50. The van der Waals surface area contributed by atoms with Gasteiger partial charge in [-0.2, -0.15) is 0 Å². The maximum absolute atomic E-state index is 13.2. The summed E-state index contributed by atoms with van der Waals surface area (Å²) in [5.74, 6) is -3.97. The van der Waals surface area contributed by atoms with Gasteiger partial charge >= 0.3 is 5.97 Å². The molecular weight excluding hydrogens is 589 g/mol. The summed E-state index contributed by atoms with van der Waals surface area (Å²) in [4.78, 5) is 35.1. The van der Waals surface area contributed by atoms with Crippen molar-refractivity contribution in [1.29, 1.82) is 0 Å². The third-order valence-electron chi connectivity index (χ3n) is 5.94. The van der Waals surface area contributed by atoms with Crippen molar-refractivity contribution in [2.45, 2.75) is 77.8 Å². The second-order valence-electron chi connectivity index (χ2n) is 9.87. The van der Waals surface area contributed by atoms with Gasteiger partial charge in [0.25, 0.3) is 0 Å². The molecule has 0 spiro atoms. The summed E-state index contributed by atoms with van der Waals surface area (Å²) in [6, 6.07) is 16.9. The molecule has 0 bridgehead atoms. The molecule has 236 valence electrons. The van der Waals surface area contributed by atoms with Gasteiger partial charge < -0.3 is 25.2 Å². The number of likely N-dealkylation sites (tertiary alicyclic amines) is 1. The van der Waals surface area contributed by atoms with Gasteiger partial charge in [-0.15, -0.1) is 0 Å². The fourth-order valence-electron chi connectivity index (χ4n) is 4.26. The molecule has 3 unspecified atom stereocenters. The summed E-state index contributed by atoms with van der Waals surface area (Å²) in [6.07, 6.45) is 3.49. The molecule has 2 aromatic rings. The fourth-order valence-corrected chi connectivity index (χ4v) is 4.53. The Bertz CT molecular complexity index is 1020. The molecule has 0 radical (unpaired) electrons. The third-order valence-corrected chi connectivity index (χ3v) is 6.45. The summed E-state index contributed by atoms with van der Waals surface area (Å²) in [5, 5.41) is 22.7. The van der Waals surface area contributed by atoms with E-state index in [1.165, 1.54) is 6.92 Å². The first-order valence-corrected chi connectivity index (χ1v) is 14.6. The normalized spacial score (nSPS) is 16.9. The molecule has 0 aromatic heterocycles. The Morgan fingerprint density at radius 2 is 1.60 bits per heavy atom. The van der Waals surface area contributed by atoms with Crippen LogP contribution in [-0.4, -0.2) is 64.9 Å². The largest absolute Gasteiger partial charge is 0.481 e. The predicted molar refractivity (Wildman–Crippen MR) is 164 cm³/mol. The quantitative estimate of drug-likeness (QED) is 0.191. The summed E-state index contributed by atoms with van der Waals surface area (Å²) >= 11 is 11.5. The number of carboxylic acids is 1. The first-order valence-electron chi connectivity index (χ1n) is 13.9. The van der Waals surface area contributed by atoms with Crippen LogP contribution in [0.3, 0.4) is 0 Å². The molecule has 3 N–H and O–H groups in total. The Morgan fingerprint density at radius 3 is 2.02 bits per heavy atom. The first-order chi connectivity index (χ1) is 19.8. The van der Waals surface area contributed by atoms with Gasteiger partial charge in [0, 0.05) is 28.5 Å². The number of nitrogens with zero attached hydrogens (tertiary/aromatic N) is 1. The summed E-state index contributed by atoms with van der Waals surface area (Å²) in [6.45, 7) is 6.49. The molecule has 1 fully saturated rings. The van der Waals surface area contributed by atoms with Crippen molar-refractivity contribution in [2.24, 2.45) is 5.92 Å². The van der Waals surface area contributed by atoms with Crippen LogP contribution in [0, 0.1) is 5.92 Å². The number of aliphatic hydroxyl groups is 1. The van der Waals surface area contributed by atoms with Crippen molar-refractivity contribution in [3.63, 3.8) is 0 Å². The highest BCUT2D eigenvalue weighted by Gasteiger charge is 2.39. The number of aliphatic hydroxyl groups excluding tert-OH is 1. The summed E-state index contributed by atoms with van der Waals surface area (Å²) in [7, 11) is 0. The lowest BCUT2D eigenvalue weighted by molar-refractivity contribution is -0.151. The zero-order valence-electron chi connectivity index (χ0n) is 24.7. The molecule has 1 aliphatic rings. The molecule has 0 aliphatic carbocycles. The number of amides is 1. The van der Waals surface area contributed by atoms with Crippen molar-refractivity contribution < 1.29 is 33.4 Å². The van der Waals surface area contributed by atoms with E-state index in [0.29, 0.717) is 24.5 Å². The molecule has 42 heavy (non-hydrogen) atoms. The van der Waals surface area contributed by atoms with E-state index in [2.05, 4.69) is 5.32 Å². The Balaban J connectivity index is 0.000000913. The minimum Gasteiger partial charge on any atom is -0.481 e. The first kappa shape index (κ1) is 39.4. The van der Waals surface area contributed by atoms with E-state index in [1.807, 2.05) is 66.4 Å². The molecule has 1 amide bonds. The maximum atomic E-state index is 13.2. The molecule has 11 heteroatoms. The zero-order valence-corrected chi connectivity index (χ0v) is 26.3. The van der Waals surface area contributed by atoms with Gasteiger partial charge in [0.2, 0.25) is 11.8 Å². The van der Waals surface area contributed by atoms with E-state index in [-0.39, 0.29) is 31.0 Å². The molecule has 1 heterocycles. The Morgan fingerprint density at radius 1 is 1.07 bits per heavy atom. The van der Waals surface area contributed by atoms with Crippen molar-refractivity contribution in [3.8, 4) is 0 Å². The molecule has 3 atom stereocenters. The van der Waals surface area contributed by atoms with Crippen LogP contribution in [0.1, 0.15) is 71.4 Å². The van der Waals surface area contributed by atoms with Crippen LogP contribution in [0.2, 0.25) is 10.0 Å². The average molecular weight is 634 g/mol. The van der Waals surface area contributed by atoms with Crippen LogP contribution in [-0.2, 0) is 14.4 Å². The number of carbonyl (C=O) groups is 3. The predicted octanol–water partition coefficient (Wildman–Crippen LogP) is 7.05. The zero-order chi connectivity index (χ0) is 32.1.